The standard InChI is InChI=1S/C18H17N3O6/c1-26-13-7-14(27-2)12(21(24)25)6-11(13)8-19-20-17(22)15-9-3-4-10(5-9)16(15)18(20)23/h3-4,6-10,15-16H,5H2,1-2H3/b19-8+. The summed E-state index contributed by atoms with van der Waals surface area (Å²) in [5.74, 6) is -0.836. The SMILES string of the molecule is COc1cc(OC)c([N+](=O)[O-])cc1/C=N/N1C(=O)C2C3C=CC(C3)C2C1=O. The van der Waals surface area contributed by atoms with E-state index in [0.717, 1.165) is 11.4 Å². The van der Waals surface area contributed by atoms with Gasteiger partial charge < -0.3 is 9.47 Å². The van der Waals surface area contributed by atoms with E-state index in [1.54, 1.807) is 0 Å². The molecule has 0 spiro atoms. The van der Waals surface area contributed by atoms with Crippen LogP contribution in [0.25, 0.3) is 0 Å². The minimum Gasteiger partial charge on any atom is -0.496 e. The molecule has 2 bridgehead atoms. The first-order chi connectivity index (χ1) is 13.0. The van der Waals surface area contributed by atoms with E-state index in [4.69, 9.17) is 9.47 Å². The summed E-state index contributed by atoms with van der Waals surface area (Å²) in [6.07, 6.45) is 6.07. The number of methoxy groups -OCH3 is 2. The highest BCUT2D eigenvalue weighted by atomic mass is 16.6. The summed E-state index contributed by atoms with van der Waals surface area (Å²) in [5, 5.41) is 16.1. The number of carbonyl (C=O) groups is 2. The van der Waals surface area contributed by atoms with Gasteiger partial charge in [-0.05, 0) is 18.3 Å². The number of fused-ring (bicyclic) bond motifs is 5. The van der Waals surface area contributed by atoms with Crippen molar-refractivity contribution in [1.82, 2.24) is 5.01 Å². The smallest absolute Gasteiger partial charge is 0.311 e. The predicted octanol–water partition coefficient (Wildman–Crippen LogP) is 1.75. The van der Waals surface area contributed by atoms with E-state index in [-0.39, 0.29) is 58.2 Å². The molecular weight excluding hydrogens is 354 g/mol. The number of rotatable bonds is 5. The fraction of sp³-hybridized carbons (Fsp3) is 0.389. The lowest BCUT2D eigenvalue weighted by Crippen LogP contribution is -2.28. The van der Waals surface area contributed by atoms with Crippen LogP contribution in [0.15, 0.2) is 29.4 Å². The van der Waals surface area contributed by atoms with Crippen molar-refractivity contribution < 1.29 is 24.0 Å². The maximum absolute atomic E-state index is 12.6. The van der Waals surface area contributed by atoms with E-state index in [1.165, 1.54) is 32.6 Å². The number of nitro groups is 1. The highest BCUT2D eigenvalue weighted by Crippen LogP contribution is 2.52. The van der Waals surface area contributed by atoms with Crippen LogP contribution in [0.3, 0.4) is 0 Å². The van der Waals surface area contributed by atoms with Gasteiger partial charge in [-0.3, -0.25) is 19.7 Å². The third-order valence-corrected chi connectivity index (χ3v) is 5.49. The maximum Gasteiger partial charge on any atom is 0.311 e. The van der Waals surface area contributed by atoms with E-state index >= 15 is 0 Å². The molecule has 1 saturated heterocycles. The van der Waals surface area contributed by atoms with Crippen LogP contribution in [-0.2, 0) is 9.59 Å². The van der Waals surface area contributed by atoms with Gasteiger partial charge in [0.1, 0.15) is 5.75 Å². The van der Waals surface area contributed by atoms with Crippen molar-refractivity contribution in [2.75, 3.05) is 14.2 Å². The number of hydrogen-bond donors (Lipinski definition) is 0. The average Bonchev–Trinajstić information content (AvgIpc) is 3.34. The first-order valence-corrected chi connectivity index (χ1v) is 8.46. The number of amides is 2. The van der Waals surface area contributed by atoms with Gasteiger partial charge in [-0.1, -0.05) is 12.2 Å². The summed E-state index contributed by atoms with van der Waals surface area (Å²) in [6, 6.07) is 2.60. The number of imide groups is 1. The number of hydrogen-bond acceptors (Lipinski definition) is 7. The molecule has 1 aromatic carbocycles. The summed E-state index contributed by atoms with van der Waals surface area (Å²) in [7, 11) is 2.72. The van der Waals surface area contributed by atoms with Crippen molar-refractivity contribution >= 4 is 23.7 Å². The molecule has 4 atom stereocenters. The van der Waals surface area contributed by atoms with Crippen LogP contribution in [-0.4, -0.2) is 42.2 Å². The lowest BCUT2D eigenvalue weighted by atomic mass is 9.85. The van der Waals surface area contributed by atoms with Gasteiger partial charge in [-0.15, -0.1) is 0 Å². The van der Waals surface area contributed by atoms with Gasteiger partial charge in [0, 0.05) is 17.7 Å². The van der Waals surface area contributed by atoms with E-state index in [0.29, 0.717) is 0 Å². The van der Waals surface area contributed by atoms with Crippen LogP contribution in [0, 0.1) is 33.8 Å². The first-order valence-electron chi connectivity index (χ1n) is 8.46. The molecule has 2 amide bonds. The lowest BCUT2D eigenvalue weighted by Gasteiger charge is -2.13. The Kier molecular flexibility index (Phi) is 3.94. The molecule has 2 fully saturated rings. The van der Waals surface area contributed by atoms with Gasteiger partial charge in [0.25, 0.3) is 11.8 Å². The van der Waals surface area contributed by atoms with E-state index in [9.17, 15) is 19.7 Å². The zero-order chi connectivity index (χ0) is 19.3. The third-order valence-electron chi connectivity index (χ3n) is 5.49. The summed E-state index contributed by atoms with van der Waals surface area (Å²) >= 11 is 0. The Morgan fingerprint density at radius 2 is 1.70 bits per heavy atom. The van der Waals surface area contributed by atoms with Crippen LogP contribution in [0.1, 0.15) is 12.0 Å². The molecule has 3 aliphatic rings. The number of carbonyl (C=O) groups excluding carboxylic acids is 2. The molecule has 4 rings (SSSR count). The molecule has 4 unspecified atom stereocenters. The van der Waals surface area contributed by atoms with Crippen molar-refractivity contribution in [3.05, 3.63) is 40.0 Å². The molecule has 1 heterocycles. The predicted molar refractivity (Wildman–Crippen MR) is 93.4 cm³/mol. The van der Waals surface area contributed by atoms with Gasteiger partial charge in [0.15, 0.2) is 0 Å². The van der Waals surface area contributed by atoms with E-state index in [1.807, 2.05) is 12.2 Å². The molecular formula is C18H17N3O6. The summed E-state index contributed by atoms with van der Waals surface area (Å²) in [6.45, 7) is 0. The second-order valence-electron chi connectivity index (χ2n) is 6.76. The van der Waals surface area contributed by atoms with E-state index < -0.39 is 4.92 Å². The summed E-state index contributed by atoms with van der Waals surface area (Å²) in [4.78, 5) is 35.9. The fourth-order valence-corrected chi connectivity index (χ4v) is 4.27. The molecule has 0 aromatic heterocycles. The highest BCUT2D eigenvalue weighted by molar-refractivity contribution is 6.07. The third kappa shape index (κ3) is 2.49. The second-order valence-corrected chi connectivity index (χ2v) is 6.76. The Hall–Kier alpha value is -3.23. The van der Waals surface area contributed by atoms with Crippen LogP contribution < -0.4 is 9.47 Å². The van der Waals surface area contributed by atoms with Crippen molar-refractivity contribution in [1.29, 1.82) is 0 Å². The van der Waals surface area contributed by atoms with Crippen molar-refractivity contribution in [2.24, 2.45) is 28.8 Å². The van der Waals surface area contributed by atoms with Crippen LogP contribution >= 0.6 is 0 Å². The molecule has 1 aromatic rings. The molecule has 1 aliphatic heterocycles. The highest BCUT2D eigenvalue weighted by Gasteiger charge is 2.59. The second kappa shape index (κ2) is 6.19. The van der Waals surface area contributed by atoms with Crippen molar-refractivity contribution in [3.63, 3.8) is 0 Å². The minimum absolute atomic E-state index is 0.0412. The van der Waals surface area contributed by atoms with Crippen molar-refractivity contribution in [2.45, 2.75) is 6.42 Å². The molecule has 2 aliphatic carbocycles. The Balaban J connectivity index is 1.65. The number of hydrazone groups is 1. The van der Waals surface area contributed by atoms with Crippen LogP contribution in [0.4, 0.5) is 5.69 Å². The van der Waals surface area contributed by atoms with E-state index in [2.05, 4.69) is 5.10 Å². The molecule has 140 valence electrons. The zero-order valence-electron chi connectivity index (χ0n) is 14.7. The number of nitrogens with zero attached hydrogens (tertiary/aromatic N) is 3. The average molecular weight is 371 g/mol. The molecule has 0 radical (unpaired) electrons. The lowest BCUT2D eigenvalue weighted by molar-refractivity contribution is -0.385. The Labute approximate surface area is 154 Å². The van der Waals surface area contributed by atoms with Gasteiger partial charge in [0.05, 0.1) is 37.2 Å². The van der Waals surface area contributed by atoms with Crippen molar-refractivity contribution in [3.8, 4) is 11.5 Å². The van der Waals surface area contributed by atoms with Crippen LogP contribution in [0.5, 0.6) is 11.5 Å². The number of nitro benzene ring substituents is 1. The quantitative estimate of drug-likeness (QED) is 0.256. The Morgan fingerprint density at radius 1 is 1.11 bits per heavy atom. The van der Waals surface area contributed by atoms with Gasteiger partial charge in [-0.2, -0.15) is 10.1 Å². The molecule has 27 heavy (non-hydrogen) atoms. The summed E-state index contributed by atoms with van der Waals surface area (Å²) < 4.78 is 10.2. The Bertz CT molecular complexity index is 879. The first kappa shape index (κ1) is 17.2. The number of benzene rings is 1. The number of allylic oxidation sites excluding steroid dienone is 2. The zero-order valence-corrected chi connectivity index (χ0v) is 14.7. The number of ether oxygens (including phenoxy) is 2. The van der Waals surface area contributed by atoms with Crippen LogP contribution in [0.2, 0.25) is 0 Å². The summed E-state index contributed by atoms with van der Waals surface area (Å²) in [5.41, 5.74) is 0.00157. The maximum atomic E-state index is 12.6. The topological polar surface area (TPSA) is 111 Å². The molecule has 0 N–H and O–H groups in total. The fourth-order valence-electron chi connectivity index (χ4n) is 4.27. The molecule has 1 saturated carbocycles. The van der Waals surface area contributed by atoms with Gasteiger partial charge >= 0.3 is 5.69 Å². The monoisotopic (exact) mass is 371 g/mol. The Morgan fingerprint density at radius 3 is 2.22 bits per heavy atom. The van der Waals surface area contributed by atoms with Gasteiger partial charge in [0.2, 0.25) is 5.75 Å². The molecule has 9 heteroatoms. The minimum atomic E-state index is -0.588. The normalized spacial score (nSPS) is 28.3. The largest absolute Gasteiger partial charge is 0.496 e. The molecule has 9 nitrogen and oxygen atoms in total. The van der Waals surface area contributed by atoms with Gasteiger partial charge in [-0.25, -0.2) is 0 Å².